The number of fused-ring (bicyclic) bond motifs is 1. The Morgan fingerprint density at radius 1 is 1.32 bits per heavy atom. The van der Waals surface area contributed by atoms with Gasteiger partial charge in [-0.25, -0.2) is 4.98 Å². The van der Waals surface area contributed by atoms with E-state index in [0.29, 0.717) is 29.6 Å². The highest BCUT2D eigenvalue weighted by atomic mass is 35.5. The van der Waals surface area contributed by atoms with E-state index in [1.165, 1.54) is 10.9 Å². The summed E-state index contributed by atoms with van der Waals surface area (Å²) in [4.78, 5) is 24.9. The highest BCUT2D eigenvalue weighted by molar-refractivity contribution is 6.28. The molecule has 3 heterocycles. The Bertz CT molecular complexity index is 871. The molecule has 1 amide bonds. The van der Waals surface area contributed by atoms with Crippen LogP contribution in [-0.4, -0.2) is 66.5 Å². The average Bonchev–Trinajstić information content (AvgIpc) is 3.37. The number of rotatable bonds is 5. The van der Waals surface area contributed by atoms with E-state index in [0.717, 1.165) is 25.7 Å². The number of aliphatic hydroxyl groups excluding tert-OH is 2. The van der Waals surface area contributed by atoms with Crippen LogP contribution >= 0.6 is 11.6 Å². The molecule has 10 nitrogen and oxygen atoms in total. The van der Waals surface area contributed by atoms with E-state index in [9.17, 15) is 15.0 Å². The van der Waals surface area contributed by atoms with Gasteiger partial charge in [0.05, 0.1) is 6.33 Å². The van der Waals surface area contributed by atoms with Gasteiger partial charge in [0.1, 0.15) is 12.2 Å². The second-order valence-electron chi connectivity index (χ2n) is 7.11. The number of aromatic nitrogens is 4. The molecule has 4 rings (SSSR count). The molecule has 0 unspecified atom stereocenters. The monoisotopic (exact) mass is 410 g/mol. The van der Waals surface area contributed by atoms with Crippen LogP contribution in [0.3, 0.4) is 0 Å². The summed E-state index contributed by atoms with van der Waals surface area (Å²) >= 11 is 6.11. The number of hydrogen-bond donors (Lipinski definition) is 4. The van der Waals surface area contributed by atoms with Crippen molar-refractivity contribution >= 4 is 34.5 Å². The van der Waals surface area contributed by atoms with Crippen LogP contribution in [-0.2, 0) is 9.53 Å². The van der Waals surface area contributed by atoms with Crippen molar-refractivity contribution in [3.05, 3.63) is 11.6 Å². The van der Waals surface area contributed by atoms with Crippen molar-refractivity contribution in [3.8, 4) is 0 Å². The van der Waals surface area contributed by atoms with E-state index >= 15 is 0 Å². The van der Waals surface area contributed by atoms with E-state index in [4.69, 9.17) is 16.3 Å². The fourth-order valence-electron chi connectivity index (χ4n) is 3.82. The van der Waals surface area contributed by atoms with Gasteiger partial charge in [0, 0.05) is 12.6 Å². The molecule has 4 atom stereocenters. The standard InChI is InChI=1S/C17H23ClN6O4/c1-2-19-15(27)12-10(25)11(26)16(28-12)24-7-20-9-13(21-8-5-3-4-6-8)22-17(18)23-14(9)24/h7-8,10-12,16,25-26H,2-6H2,1H3,(H,19,27)(H,21,22,23)/t10-,11+,12-,16+/m0/s1. The van der Waals surface area contributed by atoms with E-state index in [1.807, 2.05) is 0 Å². The Labute approximate surface area is 166 Å². The van der Waals surface area contributed by atoms with Gasteiger partial charge in [-0.1, -0.05) is 12.8 Å². The summed E-state index contributed by atoms with van der Waals surface area (Å²) in [6.07, 6.45) is 0.945. The van der Waals surface area contributed by atoms with E-state index in [1.54, 1.807) is 6.92 Å². The predicted molar refractivity (Wildman–Crippen MR) is 101 cm³/mol. The summed E-state index contributed by atoms with van der Waals surface area (Å²) in [5, 5.41) is 26.7. The van der Waals surface area contributed by atoms with Crippen LogP contribution in [0.5, 0.6) is 0 Å². The number of carbonyl (C=O) groups is 1. The summed E-state index contributed by atoms with van der Waals surface area (Å²) in [7, 11) is 0. The molecular formula is C17H23ClN6O4. The van der Waals surface area contributed by atoms with Gasteiger partial charge in [0.2, 0.25) is 5.28 Å². The molecule has 0 radical (unpaired) electrons. The highest BCUT2D eigenvalue weighted by Gasteiger charge is 2.47. The minimum Gasteiger partial charge on any atom is -0.387 e. The van der Waals surface area contributed by atoms with Crippen LogP contribution in [0.25, 0.3) is 11.2 Å². The van der Waals surface area contributed by atoms with Crippen molar-refractivity contribution in [1.29, 1.82) is 0 Å². The summed E-state index contributed by atoms with van der Waals surface area (Å²) < 4.78 is 7.12. The van der Waals surface area contributed by atoms with Gasteiger partial charge >= 0.3 is 0 Å². The summed E-state index contributed by atoms with van der Waals surface area (Å²) in [6, 6.07) is 0.302. The van der Waals surface area contributed by atoms with E-state index < -0.39 is 30.4 Å². The van der Waals surface area contributed by atoms with Crippen LogP contribution in [0.1, 0.15) is 38.8 Å². The van der Waals surface area contributed by atoms with E-state index in [2.05, 4.69) is 25.6 Å². The van der Waals surface area contributed by atoms with Crippen molar-refractivity contribution in [1.82, 2.24) is 24.8 Å². The third-order valence-corrected chi connectivity index (χ3v) is 5.38. The van der Waals surface area contributed by atoms with Gasteiger partial charge in [-0.05, 0) is 31.4 Å². The normalized spacial score (nSPS) is 28.1. The molecule has 152 valence electrons. The summed E-state index contributed by atoms with van der Waals surface area (Å²) in [5.74, 6) is 0.0335. The molecule has 1 saturated carbocycles. The highest BCUT2D eigenvalue weighted by Crippen LogP contribution is 2.33. The SMILES string of the molecule is CCNC(=O)[C@H]1O[C@@H](n2cnc3c(NC4CCCC4)nc(Cl)nc32)[C@H](O)[C@@H]1O. The van der Waals surface area contributed by atoms with E-state index in [-0.39, 0.29) is 5.28 Å². The smallest absolute Gasteiger partial charge is 0.252 e. The van der Waals surface area contributed by atoms with Crippen molar-refractivity contribution < 1.29 is 19.7 Å². The lowest BCUT2D eigenvalue weighted by molar-refractivity contribution is -0.137. The zero-order chi connectivity index (χ0) is 19.8. The van der Waals surface area contributed by atoms with Gasteiger partial charge in [-0.15, -0.1) is 0 Å². The number of imidazole rings is 1. The fraction of sp³-hybridized carbons (Fsp3) is 0.647. The lowest BCUT2D eigenvalue weighted by atomic mass is 10.1. The molecule has 1 aliphatic heterocycles. The van der Waals surface area contributed by atoms with Gasteiger partial charge in [-0.2, -0.15) is 9.97 Å². The number of hydrogen-bond acceptors (Lipinski definition) is 8. The molecule has 2 fully saturated rings. The van der Waals surface area contributed by atoms with Gasteiger partial charge in [0.25, 0.3) is 5.91 Å². The second kappa shape index (κ2) is 7.78. The van der Waals surface area contributed by atoms with Crippen molar-refractivity contribution in [3.63, 3.8) is 0 Å². The molecule has 0 spiro atoms. The molecule has 4 N–H and O–H groups in total. The first kappa shape index (κ1) is 19.3. The third-order valence-electron chi connectivity index (χ3n) is 5.21. The number of anilines is 1. The molecule has 0 bridgehead atoms. The summed E-state index contributed by atoms with van der Waals surface area (Å²) in [6.45, 7) is 2.15. The molecule has 11 heteroatoms. The molecule has 0 aromatic carbocycles. The Morgan fingerprint density at radius 3 is 2.79 bits per heavy atom. The van der Waals surface area contributed by atoms with Gasteiger partial charge in [0.15, 0.2) is 29.3 Å². The minimum absolute atomic E-state index is 0.0306. The van der Waals surface area contributed by atoms with Crippen molar-refractivity contribution in [2.24, 2.45) is 0 Å². The average molecular weight is 411 g/mol. The second-order valence-corrected chi connectivity index (χ2v) is 7.45. The maximum Gasteiger partial charge on any atom is 0.252 e. The first-order valence-corrected chi connectivity index (χ1v) is 9.83. The first-order chi connectivity index (χ1) is 13.5. The number of aliphatic hydroxyl groups is 2. The lowest BCUT2D eigenvalue weighted by Gasteiger charge is -2.17. The number of likely N-dealkylation sites (N-methyl/N-ethyl adjacent to an activating group) is 1. The topological polar surface area (TPSA) is 134 Å². The maximum absolute atomic E-state index is 12.1. The van der Waals surface area contributed by atoms with Crippen molar-refractivity contribution in [2.45, 2.75) is 63.2 Å². The maximum atomic E-state index is 12.1. The van der Waals surface area contributed by atoms with Crippen LogP contribution < -0.4 is 10.6 Å². The van der Waals surface area contributed by atoms with Crippen LogP contribution in [0.4, 0.5) is 5.82 Å². The zero-order valence-corrected chi connectivity index (χ0v) is 16.1. The first-order valence-electron chi connectivity index (χ1n) is 9.45. The number of halogens is 1. The quantitative estimate of drug-likeness (QED) is 0.526. The molecule has 2 aromatic heterocycles. The fourth-order valence-corrected chi connectivity index (χ4v) is 3.99. The van der Waals surface area contributed by atoms with Gasteiger partial charge in [-0.3, -0.25) is 9.36 Å². The Morgan fingerprint density at radius 2 is 2.07 bits per heavy atom. The molecule has 2 aromatic rings. The molecule has 28 heavy (non-hydrogen) atoms. The van der Waals surface area contributed by atoms with Gasteiger partial charge < -0.3 is 25.6 Å². The van der Waals surface area contributed by atoms with Crippen LogP contribution in [0.2, 0.25) is 5.28 Å². The molecule has 1 aliphatic carbocycles. The van der Waals surface area contributed by atoms with Crippen LogP contribution in [0.15, 0.2) is 6.33 Å². The third kappa shape index (κ3) is 3.41. The van der Waals surface area contributed by atoms with Crippen LogP contribution in [0, 0.1) is 0 Å². The minimum atomic E-state index is -1.37. The largest absolute Gasteiger partial charge is 0.387 e. The molecule has 1 saturated heterocycles. The zero-order valence-electron chi connectivity index (χ0n) is 15.4. The number of amides is 1. The number of carbonyl (C=O) groups excluding carboxylic acids is 1. The molecular weight excluding hydrogens is 388 g/mol. The molecule has 2 aliphatic rings. The Kier molecular flexibility index (Phi) is 5.37. The van der Waals surface area contributed by atoms with Crippen molar-refractivity contribution in [2.75, 3.05) is 11.9 Å². The number of nitrogens with zero attached hydrogens (tertiary/aromatic N) is 4. The summed E-state index contributed by atoms with van der Waals surface area (Å²) in [5.41, 5.74) is 0.844. The number of nitrogens with one attached hydrogen (secondary N) is 2. The Balaban J connectivity index is 1.65. The lowest BCUT2D eigenvalue weighted by Crippen LogP contribution is -2.42. The Hall–Kier alpha value is -2.01. The predicted octanol–water partition coefficient (Wildman–Crippen LogP) is 0.589. The number of ether oxygens (including phenoxy) is 1.